The fourth-order valence-corrected chi connectivity index (χ4v) is 4.08. The van der Waals surface area contributed by atoms with Gasteiger partial charge in [-0.15, -0.1) is 0 Å². The first-order chi connectivity index (χ1) is 13.7. The van der Waals surface area contributed by atoms with Crippen LogP contribution >= 0.6 is 0 Å². The number of hydrogen-bond donors (Lipinski definition) is 2. The molecule has 3 N–H and O–H groups in total. The van der Waals surface area contributed by atoms with Crippen molar-refractivity contribution in [2.45, 2.75) is 77.9 Å². The van der Waals surface area contributed by atoms with Crippen LogP contribution in [0.25, 0.3) is 0 Å². The Morgan fingerprint density at radius 1 is 1.17 bits per heavy atom. The molecule has 0 aliphatic carbocycles. The van der Waals surface area contributed by atoms with Crippen LogP contribution in [-0.2, 0) is 9.53 Å². The van der Waals surface area contributed by atoms with Gasteiger partial charge in [-0.25, -0.2) is 4.79 Å². The number of likely N-dealkylation sites (tertiary alicyclic amines) is 2. The second-order valence-electron chi connectivity index (χ2n) is 9.14. The summed E-state index contributed by atoms with van der Waals surface area (Å²) in [5.74, 6) is 0.892. The zero-order valence-electron chi connectivity index (χ0n) is 18.6. The summed E-state index contributed by atoms with van der Waals surface area (Å²) in [5, 5.41) is 3.37. The second-order valence-corrected chi connectivity index (χ2v) is 9.14. The first kappa shape index (κ1) is 23.3. The summed E-state index contributed by atoms with van der Waals surface area (Å²) in [4.78, 5) is 32.9. The van der Waals surface area contributed by atoms with Gasteiger partial charge in [-0.05, 0) is 65.7 Å². The van der Waals surface area contributed by atoms with Crippen LogP contribution in [0.4, 0.5) is 4.79 Å². The van der Waals surface area contributed by atoms with Gasteiger partial charge < -0.3 is 25.6 Å². The molecule has 0 aromatic heterocycles. The van der Waals surface area contributed by atoms with Crippen molar-refractivity contribution in [3.63, 3.8) is 0 Å². The molecule has 0 saturated carbocycles. The van der Waals surface area contributed by atoms with Gasteiger partial charge in [-0.2, -0.15) is 0 Å². The number of nitrogens with zero attached hydrogens (tertiary/aromatic N) is 3. The van der Waals surface area contributed by atoms with E-state index in [-0.39, 0.29) is 24.0 Å². The SMILES string of the molecule is CCNC(=NCC1CCCCN1C(=O)OC(C)(C)C)N1CCCC(CC(N)=O)C1. The largest absolute Gasteiger partial charge is 0.444 e. The van der Waals surface area contributed by atoms with Crippen LogP contribution in [0, 0.1) is 5.92 Å². The highest BCUT2D eigenvalue weighted by molar-refractivity contribution is 5.80. The van der Waals surface area contributed by atoms with Crippen LogP contribution in [0.15, 0.2) is 4.99 Å². The summed E-state index contributed by atoms with van der Waals surface area (Å²) in [5.41, 5.74) is 4.89. The Hall–Kier alpha value is -1.99. The standard InChI is InChI=1S/C21H39N5O3/c1-5-23-19(25-11-8-9-16(15-25)13-18(22)27)24-14-17-10-6-7-12-26(17)20(28)29-21(2,3)4/h16-17H,5-15H2,1-4H3,(H2,22,27)(H,23,24). The van der Waals surface area contributed by atoms with Crippen LogP contribution in [0.2, 0.25) is 0 Å². The summed E-state index contributed by atoms with van der Waals surface area (Å²) in [6.45, 7) is 11.5. The van der Waals surface area contributed by atoms with E-state index in [1.807, 2.05) is 32.6 Å². The number of hydrogen-bond acceptors (Lipinski definition) is 4. The molecule has 0 aromatic rings. The molecule has 0 aromatic carbocycles. The van der Waals surface area contributed by atoms with Gasteiger partial charge in [0, 0.05) is 32.6 Å². The number of primary amides is 1. The molecule has 2 amide bonds. The molecule has 166 valence electrons. The Morgan fingerprint density at radius 3 is 2.59 bits per heavy atom. The molecule has 2 rings (SSSR count). The van der Waals surface area contributed by atoms with Gasteiger partial charge in [0.2, 0.25) is 5.91 Å². The van der Waals surface area contributed by atoms with Gasteiger partial charge in [-0.1, -0.05) is 0 Å². The Bertz CT molecular complexity index is 587. The minimum absolute atomic E-state index is 0.0541. The van der Waals surface area contributed by atoms with E-state index in [2.05, 4.69) is 10.2 Å². The summed E-state index contributed by atoms with van der Waals surface area (Å²) in [6.07, 6.45) is 5.25. The van der Waals surface area contributed by atoms with Crippen molar-refractivity contribution in [3.8, 4) is 0 Å². The number of piperidine rings is 2. The maximum Gasteiger partial charge on any atom is 0.410 e. The third-order valence-electron chi connectivity index (χ3n) is 5.35. The number of nitrogens with two attached hydrogens (primary N) is 1. The number of guanidine groups is 1. The summed E-state index contributed by atoms with van der Waals surface area (Å²) < 4.78 is 5.60. The first-order valence-corrected chi connectivity index (χ1v) is 11.0. The Morgan fingerprint density at radius 2 is 1.93 bits per heavy atom. The maximum absolute atomic E-state index is 12.6. The van der Waals surface area contributed by atoms with Crippen LogP contribution in [0.5, 0.6) is 0 Å². The fraction of sp³-hybridized carbons (Fsp3) is 0.857. The number of carbonyl (C=O) groups excluding carboxylic acids is 2. The lowest BCUT2D eigenvalue weighted by Gasteiger charge is -2.37. The zero-order valence-corrected chi connectivity index (χ0v) is 18.6. The number of nitrogens with one attached hydrogen (secondary N) is 1. The number of rotatable bonds is 5. The molecule has 0 radical (unpaired) electrons. The summed E-state index contributed by atoms with van der Waals surface area (Å²) in [7, 11) is 0. The number of amides is 2. The van der Waals surface area contributed by atoms with Crippen molar-refractivity contribution in [1.82, 2.24) is 15.1 Å². The number of aliphatic imine (C=N–C) groups is 1. The van der Waals surface area contributed by atoms with E-state index in [1.165, 1.54) is 0 Å². The number of ether oxygens (including phenoxy) is 1. The smallest absolute Gasteiger partial charge is 0.410 e. The third kappa shape index (κ3) is 7.74. The molecular weight excluding hydrogens is 370 g/mol. The van der Waals surface area contributed by atoms with Crippen molar-refractivity contribution < 1.29 is 14.3 Å². The molecule has 8 nitrogen and oxygen atoms in total. The minimum atomic E-state index is -0.499. The lowest BCUT2D eigenvalue weighted by Crippen LogP contribution is -2.49. The molecule has 2 heterocycles. The van der Waals surface area contributed by atoms with E-state index < -0.39 is 5.60 Å². The maximum atomic E-state index is 12.6. The lowest BCUT2D eigenvalue weighted by molar-refractivity contribution is -0.119. The minimum Gasteiger partial charge on any atom is -0.444 e. The molecule has 2 fully saturated rings. The average Bonchev–Trinajstić information content (AvgIpc) is 2.63. The van der Waals surface area contributed by atoms with E-state index in [1.54, 1.807) is 0 Å². The first-order valence-electron chi connectivity index (χ1n) is 11.0. The van der Waals surface area contributed by atoms with E-state index in [0.29, 0.717) is 13.0 Å². The van der Waals surface area contributed by atoms with Crippen LogP contribution in [0.3, 0.4) is 0 Å². The van der Waals surface area contributed by atoms with Crippen LogP contribution in [0.1, 0.15) is 66.2 Å². The molecule has 2 aliphatic rings. The van der Waals surface area contributed by atoms with Crippen molar-refractivity contribution in [2.75, 3.05) is 32.7 Å². The normalized spacial score (nSPS) is 23.7. The van der Waals surface area contributed by atoms with Crippen molar-refractivity contribution in [2.24, 2.45) is 16.6 Å². The van der Waals surface area contributed by atoms with Gasteiger partial charge in [0.05, 0.1) is 12.6 Å². The van der Waals surface area contributed by atoms with Crippen molar-refractivity contribution >= 4 is 18.0 Å². The Labute approximate surface area is 175 Å². The monoisotopic (exact) mass is 409 g/mol. The molecule has 0 spiro atoms. The zero-order chi connectivity index (χ0) is 21.4. The predicted molar refractivity (Wildman–Crippen MR) is 115 cm³/mol. The quantitative estimate of drug-likeness (QED) is 0.536. The van der Waals surface area contributed by atoms with Crippen molar-refractivity contribution in [3.05, 3.63) is 0 Å². The molecule has 2 aliphatic heterocycles. The highest BCUT2D eigenvalue weighted by Crippen LogP contribution is 2.22. The molecular formula is C21H39N5O3. The fourth-order valence-electron chi connectivity index (χ4n) is 4.08. The van der Waals surface area contributed by atoms with Gasteiger partial charge in [-0.3, -0.25) is 9.79 Å². The molecule has 2 unspecified atom stereocenters. The lowest BCUT2D eigenvalue weighted by atomic mass is 9.95. The van der Waals surface area contributed by atoms with E-state index in [4.69, 9.17) is 15.5 Å². The Balaban J connectivity index is 2.05. The highest BCUT2D eigenvalue weighted by atomic mass is 16.6. The molecule has 2 atom stereocenters. The molecule has 2 saturated heterocycles. The predicted octanol–water partition coefficient (Wildman–Crippen LogP) is 2.33. The average molecular weight is 410 g/mol. The van der Waals surface area contributed by atoms with Gasteiger partial charge in [0.15, 0.2) is 5.96 Å². The second kappa shape index (κ2) is 10.7. The highest BCUT2D eigenvalue weighted by Gasteiger charge is 2.31. The molecule has 29 heavy (non-hydrogen) atoms. The van der Waals surface area contributed by atoms with Gasteiger partial charge >= 0.3 is 6.09 Å². The Kier molecular flexibility index (Phi) is 8.59. The third-order valence-corrected chi connectivity index (χ3v) is 5.35. The van der Waals surface area contributed by atoms with E-state index in [0.717, 1.165) is 64.2 Å². The van der Waals surface area contributed by atoms with Gasteiger partial charge in [0.1, 0.15) is 5.60 Å². The summed E-state index contributed by atoms with van der Waals surface area (Å²) in [6, 6.07) is 0.0541. The van der Waals surface area contributed by atoms with Crippen molar-refractivity contribution in [1.29, 1.82) is 0 Å². The molecule has 0 bridgehead atoms. The molecule has 8 heteroatoms. The van der Waals surface area contributed by atoms with Crippen LogP contribution in [-0.4, -0.2) is 72.1 Å². The summed E-state index contributed by atoms with van der Waals surface area (Å²) >= 11 is 0. The number of carbonyl (C=O) groups is 2. The van der Waals surface area contributed by atoms with E-state index in [9.17, 15) is 9.59 Å². The topological polar surface area (TPSA) is 100 Å². The van der Waals surface area contributed by atoms with Crippen LogP contribution < -0.4 is 11.1 Å². The van der Waals surface area contributed by atoms with E-state index >= 15 is 0 Å². The van der Waals surface area contributed by atoms with Gasteiger partial charge in [0.25, 0.3) is 0 Å².